The van der Waals surface area contributed by atoms with E-state index >= 15 is 0 Å². The Morgan fingerprint density at radius 1 is 1.39 bits per heavy atom. The monoisotopic (exact) mass is 248 g/mol. The highest BCUT2D eigenvalue weighted by Gasteiger charge is 2.20. The summed E-state index contributed by atoms with van der Waals surface area (Å²) in [5.41, 5.74) is 7.30. The number of methoxy groups -OCH3 is 1. The lowest BCUT2D eigenvalue weighted by Crippen LogP contribution is -2.40. The van der Waals surface area contributed by atoms with E-state index in [-0.39, 0.29) is 0 Å². The molecular formula is C15H24N2O. The summed E-state index contributed by atoms with van der Waals surface area (Å²) in [4.78, 5) is 0. The molecule has 1 fully saturated rings. The van der Waals surface area contributed by atoms with Gasteiger partial charge in [0.05, 0.1) is 7.11 Å². The molecule has 0 radical (unpaired) electrons. The normalized spacial score (nSPS) is 25.7. The van der Waals surface area contributed by atoms with Gasteiger partial charge >= 0.3 is 0 Å². The van der Waals surface area contributed by atoms with Crippen molar-refractivity contribution in [2.45, 2.75) is 50.7 Å². The molecule has 1 aliphatic carbocycles. The Hall–Kier alpha value is -1.06. The smallest absolute Gasteiger partial charge is 0.119 e. The van der Waals surface area contributed by atoms with Gasteiger partial charge in [0.2, 0.25) is 0 Å². The SMILES string of the molecule is COc1cccc([C@H](C)NC2CCCC(N)C2)c1. The molecule has 1 aromatic carbocycles. The number of hydrogen-bond acceptors (Lipinski definition) is 3. The molecule has 0 saturated heterocycles. The van der Waals surface area contributed by atoms with Gasteiger partial charge < -0.3 is 15.8 Å². The second-order valence-electron chi connectivity index (χ2n) is 5.29. The summed E-state index contributed by atoms with van der Waals surface area (Å²) in [6.45, 7) is 2.20. The Bertz CT molecular complexity index is 381. The van der Waals surface area contributed by atoms with Crippen LogP contribution in [0.5, 0.6) is 5.75 Å². The number of rotatable bonds is 4. The van der Waals surface area contributed by atoms with Crippen molar-refractivity contribution < 1.29 is 4.74 Å². The van der Waals surface area contributed by atoms with E-state index in [2.05, 4.69) is 24.4 Å². The fraction of sp³-hybridized carbons (Fsp3) is 0.600. The Morgan fingerprint density at radius 3 is 2.94 bits per heavy atom. The third kappa shape index (κ3) is 3.47. The molecule has 1 aromatic rings. The van der Waals surface area contributed by atoms with Crippen LogP contribution in [-0.2, 0) is 0 Å². The highest BCUT2D eigenvalue weighted by molar-refractivity contribution is 5.30. The molecule has 2 rings (SSSR count). The van der Waals surface area contributed by atoms with Crippen molar-refractivity contribution in [2.24, 2.45) is 5.73 Å². The van der Waals surface area contributed by atoms with Crippen molar-refractivity contribution in [1.29, 1.82) is 0 Å². The summed E-state index contributed by atoms with van der Waals surface area (Å²) in [7, 11) is 1.71. The average Bonchev–Trinajstić information content (AvgIpc) is 2.39. The van der Waals surface area contributed by atoms with E-state index in [1.807, 2.05) is 12.1 Å². The van der Waals surface area contributed by atoms with Gasteiger partial charge in [-0.15, -0.1) is 0 Å². The van der Waals surface area contributed by atoms with Gasteiger partial charge in [-0.1, -0.05) is 18.6 Å². The Balaban J connectivity index is 1.95. The van der Waals surface area contributed by atoms with E-state index in [9.17, 15) is 0 Å². The highest BCUT2D eigenvalue weighted by atomic mass is 16.5. The quantitative estimate of drug-likeness (QED) is 0.861. The number of nitrogens with one attached hydrogen (secondary N) is 1. The van der Waals surface area contributed by atoms with Gasteiger partial charge in [-0.05, 0) is 43.9 Å². The van der Waals surface area contributed by atoms with Crippen LogP contribution in [0.1, 0.15) is 44.2 Å². The van der Waals surface area contributed by atoms with Gasteiger partial charge in [-0.2, -0.15) is 0 Å². The Kier molecular flexibility index (Phi) is 4.61. The highest BCUT2D eigenvalue weighted by Crippen LogP contribution is 2.23. The second-order valence-corrected chi connectivity index (χ2v) is 5.29. The van der Waals surface area contributed by atoms with Crippen LogP contribution in [0, 0.1) is 0 Å². The van der Waals surface area contributed by atoms with Crippen LogP contribution in [0.15, 0.2) is 24.3 Å². The van der Waals surface area contributed by atoms with Crippen LogP contribution in [0.3, 0.4) is 0 Å². The zero-order valence-corrected chi connectivity index (χ0v) is 11.4. The summed E-state index contributed by atoms with van der Waals surface area (Å²) in [5.74, 6) is 0.918. The summed E-state index contributed by atoms with van der Waals surface area (Å²) < 4.78 is 5.26. The van der Waals surface area contributed by atoms with Crippen LogP contribution in [0.4, 0.5) is 0 Å². The first-order valence-electron chi connectivity index (χ1n) is 6.84. The molecule has 3 atom stereocenters. The fourth-order valence-corrected chi connectivity index (χ4v) is 2.74. The van der Waals surface area contributed by atoms with Gasteiger partial charge in [0, 0.05) is 18.1 Å². The molecule has 0 amide bonds. The van der Waals surface area contributed by atoms with Crippen molar-refractivity contribution in [3.63, 3.8) is 0 Å². The third-order valence-corrected chi connectivity index (χ3v) is 3.79. The first kappa shape index (κ1) is 13.4. The zero-order chi connectivity index (χ0) is 13.0. The summed E-state index contributed by atoms with van der Waals surface area (Å²) >= 11 is 0. The molecule has 0 heterocycles. The van der Waals surface area contributed by atoms with Gasteiger partial charge in [0.1, 0.15) is 5.75 Å². The van der Waals surface area contributed by atoms with E-state index in [0.29, 0.717) is 18.1 Å². The fourth-order valence-electron chi connectivity index (χ4n) is 2.74. The maximum absolute atomic E-state index is 6.03. The minimum absolute atomic E-state index is 0.343. The lowest BCUT2D eigenvalue weighted by atomic mass is 9.91. The van der Waals surface area contributed by atoms with Crippen LogP contribution in [0.25, 0.3) is 0 Å². The van der Waals surface area contributed by atoms with E-state index in [1.54, 1.807) is 7.11 Å². The first-order chi connectivity index (χ1) is 8.69. The van der Waals surface area contributed by atoms with Crippen molar-refractivity contribution in [3.05, 3.63) is 29.8 Å². The first-order valence-corrected chi connectivity index (χ1v) is 6.84. The maximum Gasteiger partial charge on any atom is 0.119 e. The van der Waals surface area contributed by atoms with E-state index in [0.717, 1.165) is 12.2 Å². The summed E-state index contributed by atoms with van der Waals surface area (Å²) in [6, 6.07) is 9.52. The van der Waals surface area contributed by atoms with Crippen molar-refractivity contribution in [2.75, 3.05) is 7.11 Å². The lowest BCUT2D eigenvalue weighted by molar-refractivity contribution is 0.318. The molecule has 3 heteroatoms. The van der Waals surface area contributed by atoms with E-state index < -0.39 is 0 Å². The second kappa shape index (κ2) is 6.21. The molecule has 100 valence electrons. The minimum Gasteiger partial charge on any atom is -0.497 e. The van der Waals surface area contributed by atoms with E-state index in [4.69, 9.17) is 10.5 Å². The largest absolute Gasteiger partial charge is 0.497 e. The molecule has 2 unspecified atom stereocenters. The van der Waals surface area contributed by atoms with E-state index in [1.165, 1.54) is 24.8 Å². The molecule has 0 aromatic heterocycles. The van der Waals surface area contributed by atoms with Gasteiger partial charge in [-0.3, -0.25) is 0 Å². The Morgan fingerprint density at radius 2 is 2.22 bits per heavy atom. The average molecular weight is 248 g/mol. The molecule has 3 N–H and O–H groups in total. The van der Waals surface area contributed by atoms with Crippen molar-refractivity contribution in [3.8, 4) is 5.75 Å². The molecule has 1 saturated carbocycles. The molecule has 0 aliphatic heterocycles. The number of nitrogens with two attached hydrogens (primary N) is 1. The van der Waals surface area contributed by atoms with Gasteiger partial charge in [0.25, 0.3) is 0 Å². The van der Waals surface area contributed by atoms with Crippen LogP contribution in [-0.4, -0.2) is 19.2 Å². The maximum atomic E-state index is 6.03. The lowest BCUT2D eigenvalue weighted by Gasteiger charge is -2.30. The predicted molar refractivity (Wildman–Crippen MR) is 74.8 cm³/mol. The molecule has 1 aliphatic rings. The van der Waals surface area contributed by atoms with Crippen molar-refractivity contribution in [1.82, 2.24) is 5.32 Å². The predicted octanol–water partition coefficient (Wildman–Crippen LogP) is 2.62. The van der Waals surface area contributed by atoms with Crippen LogP contribution < -0.4 is 15.8 Å². The van der Waals surface area contributed by atoms with Crippen LogP contribution >= 0.6 is 0 Å². The molecule has 3 nitrogen and oxygen atoms in total. The third-order valence-electron chi connectivity index (χ3n) is 3.79. The number of hydrogen-bond donors (Lipinski definition) is 2. The summed E-state index contributed by atoms with van der Waals surface area (Å²) in [5, 5.41) is 3.68. The van der Waals surface area contributed by atoms with Gasteiger partial charge in [0.15, 0.2) is 0 Å². The molecular weight excluding hydrogens is 224 g/mol. The summed E-state index contributed by atoms with van der Waals surface area (Å²) in [6.07, 6.45) is 4.74. The molecule has 0 bridgehead atoms. The zero-order valence-electron chi connectivity index (χ0n) is 11.4. The van der Waals surface area contributed by atoms with Crippen molar-refractivity contribution >= 4 is 0 Å². The topological polar surface area (TPSA) is 47.3 Å². The van der Waals surface area contributed by atoms with Crippen LogP contribution in [0.2, 0.25) is 0 Å². The molecule has 0 spiro atoms. The number of ether oxygens (including phenoxy) is 1. The van der Waals surface area contributed by atoms with Gasteiger partial charge in [-0.25, -0.2) is 0 Å². The number of benzene rings is 1. The standard InChI is InChI=1S/C15H24N2O/c1-11(12-5-3-8-15(9-12)18-2)17-14-7-4-6-13(16)10-14/h3,5,8-9,11,13-14,17H,4,6-7,10,16H2,1-2H3/t11-,13?,14?/m0/s1. The molecule has 18 heavy (non-hydrogen) atoms. The Labute approximate surface area is 110 Å². The minimum atomic E-state index is 0.343.